The van der Waals surface area contributed by atoms with E-state index in [1.165, 1.54) is 43.0 Å². The van der Waals surface area contributed by atoms with E-state index in [-0.39, 0.29) is 61.8 Å². The maximum atomic E-state index is 14.7. The van der Waals surface area contributed by atoms with Gasteiger partial charge in [0, 0.05) is 54.4 Å². The molecular formula is C59H94N18O17S5. The molecule has 5 heterocycles. The van der Waals surface area contributed by atoms with Gasteiger partial charge in [-0.05, 0) is 76.2 Å². The Bertz CT molecular complexity index is 3030. The minimum Gasteiger partial charge on any atom is -0.394 e. The summed E-state index contributed by atoms with van der Waals surface area (Å²) < 4.78 is 0. The highest BCUT2D eigenvalue weighted by Crippen LogP contribution is 2.27. The maximum Gasteiger partial charge on any atom is 0.248 e. The van der Waals surface area contributed by atoms with Gasteiger partial charge in [-0.2, -0.15) is 11.8 Å². The summed E-state index contributed by atoms with van der Waals surface area (Å²) in [5.41, 5.74) is 11.9. The second-order valence-electron chi connectivity index (χ2n) is 24.5. The third kappa shape index (κ3) is 24.6. The smallest absolute Gasteiger partial charge is 0.248 e. The number of thioether (sulfide) groups is 1. The average molecular weight is 1490 g/mol. The molecule has 552 valence electrons. The zero-order valence-electron chi connectivity index (χ0n) is 56.2. The topological polar surface area (TPSA) is 528 Å². The number of primary amides is 1. The number of nitrogens with two attached hydrogens (primary N) is 2. The molecule has 4 saturated heterocycles. The van der Waals surface area contributed by atoms with Crippen molar-refractivity contribution in [3.63, 3.8) is 0 Å². The Morgan fingerprint density at radius 2 is 1.10 bits per heavy atom. The zero-order chi connectivity index (χ0) is 73.2. The molecular weight excluding hydrogens is 1390 g/mol. The highest BCUT2D eigenvalue weighted by Gasteiger charge is 2.44. The average Bonchev–Trinajstić information content (AvgIpc) is 1.75. The lowest BCUT2D eigenvalue weighted by atomic mass is 9.97. The van der Waals surface area contributed by atoms with Crippen LogP contribution in [0.15, 0.2) is 12.5 Å². The standard InChI is InChI=1S/C59H94N18O17S5/c1-8-29(4)45-57(92)71-37(46(61)81)23-96-98-25-39-51(86)65-31(6)48(83)68-34(18-32-20-62-27-63-32)58(93)76-15-9-13-41(76)54(89)74-44(28(2)3)56(91)73-40(26-99-97-24-38(52(87)72-39)66-43(80)19-60)53(88)69-35(21-78)50(85)64-30(5)47(82)67-33(12-11-17-95-7)49(84)70-36(22-79)59(94)77-16-10-14-42(77)55(90)75-45/h20,27-31,33-42,44-45,78-79H,8-19,21-26,60H2,1-7H3,(H2,61,81)(H,62,63)(H,64,85)(H,65,86)(H,66,80)(H,67,82)(H,68,83)(H,69,88)(H,70,84)(H,71,92)(H,72,87)(H,73,91)(H,74,89)(H,75,90)/t29-,30-,31-,33-,34-,35-,36-,37-,38-,39-,40-,41-,42-,44-,45-/m0/s1. The Labute approximate surface area is 592 Å². The number of aliphatic hydroxyl groups is 2. The lowest BCUT2D eigenvalue weighted by molar-refractivity contribution is -0.143. The number of nitrogens with one attached hydrogen (secondary N) is 13. The Morgan fingerprint density at radius 3 is 1.64 bits per heavy atom. The van der Waals surface area contributed by atoms with E-state index in [0.29, 0.717) is 37.1 Å². The summed E-state index contributed by atoms with van der Waals surface area (Å²) in [5, 5.41) is 52.0. The number of rotatable bonds is 14. The van der Waals surface area contributed by atoms with Gasteiger partial charge in [0.05, 0.1) is 26.1 Å². The first-order valence-electron chi connectivity index (χ1n) is 32.5. The van der Waals surface area contributed by atoms with E-state index >= 15 is 0 Å². The number of aromatic amines is 1. The fraction of sp³-hybridized carbons (Fsp3) is 0.695. The van der Waals surface area contributed by atoms with E-state index in [0.717, 1.165) is 48.1 Å². The van der Waals surface area contributed by atoms with Crippen LogP contribution in [0.5, 0.6) is 0 Å². The van der Waals surface area contributed by atoms with Gasteiger partial charge in [0.15, 0.2) is 0 Å². The summed E-state index contributed by atoms with van der Waals surface area (Å²) in [6, 6.07) is -20.4. The molecule has 35 nitrogen and oxygen atoms in total. The van der Waals surface area contributed by atoms with Crippen LogP contribution < -0.4 is 75.3 Å². The molecule has 0 spiro atoms. The van der Waals surface area contributed by atoms with Crippen molar-refractivity contribution in [2.75, 3.05) is 67.9 Å². The summed E-state index contributed by atoms with van der Waals surface area (Å²) >= 11 is 1.44. The minimum absolute atomic E-state index is 0.00445. The van der Waals surface area contributed by atoms with Gasteiger partial charge in [-0.3, -0.25) is 71.9 Å². The quantitative estimate of drug-likeness (QED) is 0.0609. The van der Waals surface area contributed by atoms with Crippen LogP contribution in [0.3, 0.4) is 0 Å². The van der Waals surface area contributed by atoms with Gasteiger partial charge < -0.3 is 100 Å². The summed E-state index contributed by atoms with van der Waals surface area (Å²) in [4.78, 5) is 221. The van der Waals surface area contributed by atoms with Crippen molar-refractivity contribution in [2.24, 2.45) is 23.3 Å². The number of carbonyl (C=O) groups excluding carboxylic acids is 15. The highest BCUT2D eigenvalue weighted by molar-refractivity contribution is 8.77. The fourth-order valence-corrected chi connectivity index (χ4v) is 15.9. The van der Waals surface area contributed by atoms with Crippen molar-refractivity contribution in [3.8, 4) is 0 Å². The molecule has 0 aromatic carbocycles. The van der Waals surface area contributed by atoms with Crippen molar-refractivity contribution in [2.45, 2.75) is 177 Å². The molecule has 4 aliphatic heterocycles. The SMILES string of the molecule is CC[C@H](C)[C@@H]1NC(=O)[C@@H]2CCCN2C(=O)[C@H](CO)NC(=O)[C@H](CCCSC)NC(=O)[C@H](C)NC(=O)[C@H](CO)NC(=O)[C@@H]2CSSC[C@H](NC(=O)CN)C(=O)N[C@@H](CSSC[C@@H](C(N)=O)NC1=O)C(=O)N[C@@H](C)C(=O)N[C@@H](Cc1cnc[nH]1)C(=O)N1CCC[C@H]1C(=O)N[C@@H](C(C)C)C(=O)N2. The lowest BCUT2D eigenvalue weighted by Gasteiger charge is -2.31. The Kier molecular flexibility index (Phi) is 34.2. The van der Waals surface area contributed by atoms with E-state index in [4.69, 9.17) is 11.5 Å². The number of aliphatic hydroxyl groups excluding tert-OH is 2. The van der Waals surface area contributed by atoms with Crippen LogP contribution in [0.2, 0.25) is 0 Å². The van der Waals surface area contributed by atoms with Crippen LogP contribution in [0, 0.1) is 11.8 Å². The number of hydrogen-bond acceptors (Lipinski definition) is 24. The largest absolute Gasteiger partial charge is 0.394 e. The van der Waals surface area contributed by atoms with Gasteiger partial charge in [-0.15, -0.1) is 0 Å². The van der Waals surface area contributed by atoms with E-state index in [1.54, 1.807) is 27.7 Å². The molecule has 0 saturated carbocycles. The molecule has 0 aliphatic carbocycles. The molecule has 15 atom stereocenters. The molecule has 5 rings (SSSR count). The van der Waals surface area contributed by atoms with Crippen molar-refractivity contribution < 1.29 is 82.1 Å². The Morgan fingerprint density at radius 1 is 0.606 bits per heavy atom. The van der Waals surface area contributed by atoms with Crippen LogP contribution in [0.1, 0.15) is 92.2 Å². The number of amides is 15. The van der Waals surface area contributed by atoms with E-state index < -0.39 is 205 Å². The first-order chi connectivity index (χ1) is 47.1. The van der Waals surface area contributed by atoms with Gasteiger partial charge in [0.2, 0.25) is 88.6 Å². The van der Waals surface area contributed by atoms with Crippen molar-refractivity contribution in [1.82, 2.24) is 83.6 Å². The summed E-state index contributed by atoms with van der Waals surface area (Å²) in [5.74, 6) is -15.7. The molecule has 40 heteroatoms. The molecule has 19 N–H and O–H groups in total. The molecule has 1 aromatic heterocycles. The number of nitrogens with zero attached hydrogens (tertiary/aromatic N) is 3. The van der Waals surface area contributed by atoms with E-state index in [2.05, 4.69) is 73.8 Å². The van der Waals surface area contributed by atoms with Gasteiger partial charge in [-0.25, -0.2) is 4.98 Å². The molecule has 4 aliphatic rings. The first kappa shape index (κ1) is 82.6. The van der Waals surface area contributed by atoms with Crippen LogP contribution in [-0.2, 0) is 78.3 Å². The van der Waals surface area contributed by atoms with E-state index in [9.17, 15) is 82.1 Å². The molecule has 99 heavy (non-hydrogen) atoms. The van der Waals surface area contributed by atoms with Gasteiger partial charge in [0.1, 0.15) is 84.6 Å². The van der Waals surface area contributed by atoms with Crippen molar-refractivity contribution in [3.05, 3.63) is 18.2 Å². The molecule has 1 aromatic rings. The predicted molar refractivity (Wildman–Crippen MR) is 370 cm³/mol. The Hall–Kier alpha value is -7.11. The summed E-state index contributed by atoms with van der Waals surface area (Å²) in [7, 11) is 3.58. The molecule has 0 radical (unpaired) electrons. The monoisotopic (exact) mass is 1490 g/mol. The second kappa shape index (κ2) is 41.0. The Balaban J connectivity index is 1.61. The maximum absolute atomic E-state index is 14.7. The normalized spacial score (nSPS) is 29.4. The van der Waals surface area contributed by atoms with E-state index in [1.807, 2.05) is 6.26 Å². The molecule has 15 amide bonds. The number of H-pyrrole nitrogens is 1. The number of fused-ring (bicyclic) bond motifs is 10. The highest BCUT2D eigenvalue weighted by atomic mass is 33.1. The van der Waals surface area contributed by atoms with Crippen molar-refractivity contribution in [1.29, 1.82) is 0 Å². The minimum atomic E-state index is -1.82. The van der Waals surface area contributed by atoms with Crippen LogP contribution in [0.4, 0.5) is 0 Å². The van der Waals surface area contributed by atoms with Crippen molar-refractivity contribution >= 4 is 144 Å². The first-order valence-corrected chi connectivity index (χ1v) is 38.8. The van der Waals surface area contributed by atoms with Gasteiger partial charge in [-0.1, -0.05) is 77.3 Å². The summed E-state index contributed by atoms with van der Waals surface area (Å²) in [6.45, 7) is 6.53. The van der Waals surface area contributed by atoms with Crippen LogP contribution in [0.25, 0.3) is 0 Å². The molecule has 2 bridgehead atoms. The number of imidazole rings is 1. The third-order valence-electron chi connectivity index (χ3n) is 16.8. The van der Waals surface area contributed by atoms with Gasteiger partial charge >= 0.3 is 0 Å². The van der Waals surface area contributed by atoms with Crippen LogP contribution in [-0.4, -0.2) is 271 Å². The van der Waals surface area contributed by atoms with Gasteiger partial charge in [0.25, 0.3) is 0 Å². The zero-order valence-corrected chi connectivity index (χ0v) is 60.3. The lowest BCUT2D eigenvalue weighted by Crippen LogP contribution is -2.62. The molecule has 0 unspecified atom stereocenters. The number of aromatic nitrogens is 2. The number of carbonyl (C=O) groups is 15. The summed E-state index contributed by atoms with van der Waals surface area (Å²) in [6.07, 6.45) is 5.89. The van der Waals surface area contributed by atoms with Crippen LogP contribution >= 0.6 is 54.9 Å². The predicted octanol–water partition coefficient (Wildman–Crippen LogP) is -6.14. The second-order valence-corrected chi connectivity index (χ2v) is 30.6. The fourth-order valence-electron chi connectivity index (χ4n) is 10.8. The third-order valence-corrected chi connectivity index (χ3v) is 22.3. The molecule has 4 fully saturated rings. The number of hydrogen-bond donors (Lipinski definition) is 17.